The predicted molar refractivity (Wildman–Crippen MR) is 63.1 cm³/mol. The molecule has 0 spiro atoms. The Bertz CT molecular complexity index is 366. The van der Waals surface area contributed by atoms with Gasteiger partial charge in [0.2, 0.25) is 0 Å². The van der Waals surface area contributed by atoms with E-state index >= 15 is 0 Å². The van der Waals surface area contributed by atoms with Crippen molar-refractivity contribution in [3.8, 4) is 0 Å². The van der Waals surface area contributed by atoms with E-state index in [9.17, 15) is 4.79 Å². The molecule has 82 valence electrons. The minimum atomic E-state index is -0.116. The highest BCUT2D eigenvalue weighted by molar-refractivity contribution is 9.10. The van der Waals surface area contributed by atoms with Crippen LogP contribution in [-0.4, -0.2) is 26.2 Å². The lowest BCUT2D eigenvalue weighted by Crippen LogP contribution is -2.22. The molecule has 5 heteroatoms. The van der Waals surface area contributed by atoms with Gasteiger partial charge < -0.3 is 10.1 Å². The quantitative estimate of drug-likeness (QED) is 0.847. The molecule has 1 aromatic rings. The van der Waals surface area contributed by atoms with Crippen LogP contribution in [0.3, 0.4) is 0 Å². The number of esters is 1. The van der Waals surface area contributed by atoms with Gasteiger partial charge in [0.15, 0.2) is 0 Å². The zero-order chi connectivity index (χ0) is 10.8. The third-order valence-electron chi connectivity index (χ3n) is 2.67. The Kier molecular flexibility index (Phi) is 3.43. The van der Waals surface area contributed by atoms with Crippen LogP contribution >= 0.6 is 27.3 Å². The first-order valence-electron chi connectivity index (χ1n) is 4.75. The van der Waals surface area contributed by atoms with Gasteiger partial charge in [-0.25, -0.2) is 0 Å². The smallest absolute Gasteiger partial charge is 0.310 e. The molecular formula is C10H12BrNO2S. The van der Waals surface area contributed by atoms with Crippen LogP contribution in [-0.2, 0) is 9.53 Å². The highest BCUT2D eigenvalue weighted by Crippen LogP contribution is 2.34. The van der Waals surface area contributed by atoms with Gasteiger partial charge in [0.25, 0.3) is 0 Å². The zero-order valence-corrected chi connectivity index (χ0v) is 10.7. The maximum atomic E-state index is 11.5. The van der Waals surface area contributed by atoms with E-state index in [0.717, 1.165) is 11.0 Å². The Morgan fingerprint density at radius 1 is 1.67 bits per heavy atom. The molecule has 1 saturated heterocycles. The van der Waals surface area contributed by atoms with Crippen molar-refractivity contribution < 1.29 is 9.53 Å². The van der Waals surface area contributed by atoms with Crippen molar-refractivity contribution in [1.82, 2.24) is 5.32 Å². The molecule has 0 unspecified atom stereocenters. The van der Waals surface area contributed by atoms with Gasteiger partial charge >= 0.3 is 5.97 Å². The van der Waals surface area contributed by atoms with Crippen LogP contribution in [0.2, 0.25) is 0 Å². The molecule has 1 aliphatic heterocycles. The first kappa shape index (κ1) is 11.1. The summed E-state index contributed by atoms with van der Waals surface area (Å²) in [5.41, 5.74) is 0. The van der Waals surface area contributed by atoms with Gasteiger partial charge in [-0.3, -0.25) is 4.79 Å². The third-order valence-corrected chi connectivity index (χ3v) is 4.50. The highest BCUT2D eigenvalue weighted by Gasteiger charge is 2.35. The van der Waals surface area contributed by atoms with E-state index in [2.05, 4.69) is 27.3 Å². The minimum absolute atomic E-state index is 0.0412. The maximum absolute atomic E-state index is 11.5. The van der Waals surface area contributed by atoms with E-state index < -0.39 is 0 Å². The van der Waals surface area contributed by atoms with Crippen molar-refractivity contribution in [1.29, 1.82) is 0 Å². The summed E-state index contributed by atoms with van der Waals surface area (Å²) in [6.07, 6.45) is 0. The molecule has 2 rings (SSSR count). The van der Waals surface area contributed by atoms with Crippen molar-refractivity contribution in [2.75, 3.05) is 20.2 Å². The standard InChI is InChI=1S/C10H12BrNO2S/c1-14-10(13)8-4-12-3-7(8)9-2-6(11)5-15-9/h2,5,7-8,12H,3-4H2,1H3/t7-,8+/m1/s1. The summed E-state index contributed by atoms with van der Waals surface area (Å²) in [7, 11) is 1.45. The van der Waals surface area contributed by atoms with Gasteiger partial charge in [-0.05, 0) is 22.0 Å². The van der Waals surface area contributed by atoms with E-state index in [1.54, 1.807) is 11.3 Å². The number of hydrogen-bond donors (Lipinski definition) is 1. The Morgan fingerprint density at radius 2 is 2.47 bits per heavy atom. The molecule has 0 aliphatic carbocycles. The normalized spacial score (nSPS) is 25.5. The first-order chi connectivity index (χ1) is 7.22. The number of thiophene rings is 1. The Hall–Kier alpha value is -0.390. The summed E-state index contributed by atoms with van der Waals surface area (Å²) in [5.74, 6) is 0.101. The summed E-state index contributed by atoms with van der Waals surface area (Å²) >= 11 is 5.11. The number of methoxy groups -OCH3 is 1. The topological polar surface area (TPSA) is 38.3 Å². The number of nitrogens with one attached hydrogen (secondary N) is 1. The predicted octanol–water partition coefficient (Wildman–Crippen LogP) is 1.99. The van der Waals surface area contributed by atoms with Gasteiger partial charge in [0, 0.05) is 33.7 Å². The minimum Gasteiger partial charge on any atom is -0.469 e. The molecule has 0 bridgehead atoms. The monoisotopic (exact) mass is 289 g/mol. The largest absolute Gasteiger partial charge is 0.469 e. The van der Waals surface area contributed by atoms with E-state index in [4.69, 9.17) is 4.74 Å². The second kappa shape index (κ2) is 4.63. The molecule has 0 amide bonds. The Balaban J connectivity index is 2.18. The molecule has 15 heavy (non-hydrogen) atoms. The van der Waals surface area contributed by atoms with Gasteiger partial charge in [-0.2, -0.15) is 0 Å². The second-order valence-electron chi connectivity index (χ2n) is 3.56. The van der Waals surface area contributed by atoms with E-state index in [-0.39, 0.29) is 17.8 Å². The molecule has 1 aromatic heterocycles. The molecule has 3 nitrogen and oxygen atoms in total. The van der Waals surface area contributed by atoms with Crippen molar-refractivity contribution in [2.24, 2.45) is 5.92 Å². The fraction of sp³-hybridized carbons (Fsp3) is 0.500. The molecule has 1 N–H and O–H groups in total. The number of carbonyl (C=O) groups is 1. The number of halogens is 1. The summed E-state index contributed by atoms with van der Waals surface area (Å²) < 4.78 is 5.89. The van der Waals surface area contributed by atoms with Crippen LogP contribution in [0.5, 0.6) is 0 Å². The highest BCUT2D eigenvalue weighted by atomic mass is 79.9. The van der Waals surface area contributed by atoms with Gasteiger partial charge in [-0.1, -0.05) is 0 Å². The van der Waals surface area contributed by atoms with Gasteiger partial charge in [0.1, 0.15) is 0 Å². The third kappa shape index (κ3) is 2.24. The summed E-state index contributed by atoms with van der Waals surface area (Å²) in [6, 6.07) is 2.08. The summed E-state index contributed by atoms with van der Waals surface area (Å²) in [5, 5.41) is 5.28. The van der Waals surface area contributed by atoms with Crippen molar-refractivity contribution in [3.63, 3.8) is 0 Å². The fourth-order valence-electron chi connectivity index (χ4n) is 1.90. The lowest BCUT2D eigenvalue weighted by Gasteiger charge is -2.14. The van der Waals surface area contributed by atoms with Gasteiger partial charge in [0.05, 0.1) is 13.0 Å². The molecule has 2 heterocycles. The maximum Gasteiger partial charge on any atom is 0.310 e. The summed E-state index contributed by atoms with van der Waals surface area (Å²) in [4.78, 5) is 12.8. The van der Waals surface area contributed by atoms with Crippen LogP contribution in [0.15, 0.2) is 15.9 Å². The lowest BCUT2D eigenvalue weighted by molar-refractivity contribution is -0.145. The SMILES string of the molecule is COC(=O)[C@H]1CNC[C@H]1c1cc(Br)cs1. The lowest BCUT2D eigenvalue weighted by atomic mass is 9.95. The van der Waals surface area contributed by atoms with Crippen molar-refractivity contribution in [2.45, 2.75) is 5.92 Å². The van der Waals surface area contributed by atoms with Crippen molar-refractivity contribution in [3.05, 3.63) is 20.8 Å². The molecule has 0 saturated carbocycles. The average Bonchev–Trinajstić information content (AvgIpc) is 2.84. The number of hydrogen-bond acceptors (Lipinski definition) is 4. The van der Waals surface area contributed by atoms with E-state index in [0.29, 0.717) is 6.54 Å². The average molecular weight is 290 g/mol. The number of ether oxygens (including phenoxy) is 1. The van der Waals surface area contributed by atoms with Crippen LogP contribution in [0, 0.1) is 5.92 Å². The number of carbonyl (C=O) groups excluding carboxylic acids is 1. The van der Waals surface area contributed by atoms with Crippen LogP contribution in [0.1, 0.15) is 10.8 Å². The summed E-state index contributed by atoms with van der Waals surface area (Å²) in [6.45, 7) is 1.57. The molecule has 1 fully saturated rings. The van der Waals surface area contributed by atoms with Crippen molar-refractivity contribution >= 4 is 33.2 Å². The van der Waals surface area contributed by atoms with Crippen LogP contribution in [0.25, 0.3) is 0 Å². The van der Waals surface area contributed by atoms with E-state index in [1.807, 2.05) is 5.38 Å². The Morgan fingerprint density at radius 3 is 3.07 bits per heavy atom. The fourth-order valence-corrected chi connectivity index (χ4v) is 3.51. The number of rotatable bonds is 2. The second-order valence-corrected chi connectivity index (χ2v) is 5.42. The molecule has 0 aromatic carbocycles. The molecule has 2 atom stereocenters. The molecule has 1 aliphatic rings. The van der Waals surface area contributed by atoms with Crippen LogP contribution < -0.4 is 5.32 Å². The molecular weight excluding hydrogens is 278 g/mol. The van der Waals surface area contributed by atoms with Gasteiger partial charge in [-0.15, -0.1) is 11.3 Å². The first-order valence-corrected chi connectivity index (χ1v) is 6.42. The Labute approximate surface area is 101 Å². The zero-order valence-electron chi connectivity index (χ0n) is 8.33. The molecule has 0 radical (unpaired) electrons. The van der Waals surface area contributed by atoms with E-state index in [1.165, 1.54) is 12.0 Å². The van der Waals surface area contributed by atoms with Crippen LogP contribution in [0.4, 0.5) is 0 Å².